The predicted molar refractivity (Wildman–Crippen MR) is 79.0 cm³/mol. The molecule has 0 atom stereocenters. The Bertz CT molecular complexity index is 250. The third-order valence-electron chi connectivity index (χ3n) is 2.09. The van der Waals surface area contributed by atoms with Gasteiger partial charge < -0.3 is 25.5 Å². The number of carbonyl (C=O) groups is 2. The van der Waals surface area contributed by atoms with Gasteiger partial charge in [-0.1, -0.05) is 39.2 Å². The predicted octanol–water partition coefficient (Wildman–Crippen LogP) is 1.02. The summed E-state index contributed by atoms with van der Waals surface area (Å²) in [5, 5.41) is 39.9. The first-order valence-electron chi connectivity index (χ1n) is 6.82. The molecule has 0 bridgehead atoms. The van der Waals surface area contributed by atoms with Crippen molar-refractivity contribution in [3.05, 3.63) is 12.7 Å². The molecule has 0 aromatic carbocycles. The van der Waals surface area contributed by atoms with Crippen molar-refractivity contribution in [2.75, 3.05) is 13.2 Å². The molecule has 0 aromatic heterocycles. The van der Waals surface area contributed by atoms with Gasteiger partial charge in [-0.15, -0.1) is 0 Å². The molecule has 0 heterocycles. The number of rotatable bonds is 9. The molecule has 5 N–H and O–H groups in total. The monoisotopic (exact) mass is 308 g/mol. The van der Waals surface area contributed by atoms with Crippen molar-refractivity contribution in [3.63, 3.8) is 0 Å². The first-order chi connectivity index (χ1) is 9.85. The molecule has 0 saturated carbocycles. The van der Waals surface area contributed by atoms with Crippen LogP contribution in [0, 0.1) is 0 Å². The van der Waals surface area contributed by atoms with E-state index in [0.717, 1.165) is 18.9 Å². The maximum atomic E-state index is 10.0. The number of aliphatic hydroxyl groups is 3. The molecule has 7 nitrogen and oxygen atoms in total. The van der Waals surface area contributed by atoms with E-state index < -0.39 is 18.0 Å². The van der Waals surface area contributed by atoms with Gasteiger partial charge in [0.05, 0.1) is 13.2 Å². The summed E-state index contributed by atoms with van der Waals surface area (Å²) >= 11 is 0. The summed E-state index contributed by atoms with van der Waals surface area (Å²) in [7, 11) is 0. The van der Waals surface area contributed by atoms with Gasteiger partial charge in [0.25, 0.3) is 0 Å². The summed E-state index contributed by atoms with van der Waals surface area (Å²) in [6.07, 6.45) is 5.76. The Morgan fingerprint density at radius 3 is 1.71 bits per heavy atom. The van der Waals surface area contributed by atoms with E-state index in [4.69, 9.17) is 25.5 Å². The van der Waals surface area contributed by atoms with Crippen molar-refractivity contribution in [2.45, 2.75) is 51.6 Å². The number of hydrogen-bond donors (Lipinski definition) is 5. The van der Waals surface area contributed by atoms with E-state index in [-0.39, 0.29) is 13.2 Å². The highest BCUT2D eigenvalue weighted by atomic mass is 16.4. The van der Waals surface area contributed by atoms with Crippen molar-refractivity contribution in [1.29, 1.82) is 0 Å². The fourth-order valence-electron chi connectivity index (χ4n) is 0.938. The Labute approximate surface area is 125 Å². The number of carboxylic acids is 2. The van der Waals surface area contributed by atoms with Crippen molar-refractivity contribution < 1.29 is 35.1 Å². The van der Waals surface area contributed by atoms with Gasteiger partial charge in [-0.05, 0) is 6.42 Å². The summed E-state index contributed by atoms with van der Waals surface area (Å²) in [5.74, 6) is -1.65. The summed E-state index contributed by atoms with van der Waals surface area (Å²) in [6.45, 7) is 4.38. The minimum Gasteiger partial charge on any atom is -0.481 e. The van der Waals surface area contributed by atoms with Gasteiger partial charge in [-0.2, -0.15) is 0 Å². The Morgan fingerprint density at radius 1 is 1.05 bits per heavy atom. The van der Waals surface area contributed by atoms with E-state index in [1.807, 2.05) is 0 Å². The summed E-state index contributed by atoms with van der Waals surface area (Å²) in [4.78, 5) is 19.3. The van der Waals surface area contributed by atoms with Crippen molar-refractivity contribution >= 4 is 11.9 Å². The van der Waals surface area contributed by atoms with E-state index in [0.29, 0.717) is 6.42 Å². The van der Waals surface area contributed by atoms with Crippen molar-refractivity contribution in [1.82, 2.24) is 0 Å². The molecular weight excluding hydrogens is 280 g/mol. The molecular formula is C14H28O7. The summed E-state index contributed by atoms with van der Waals surface area (Å²) < 4.78 is 0. The second-order valence-electron chi connectivity index (χ2n) is 4.12. The third-order valence-corrected chi connectivity index (χ3v) is 2.09. The Balaban J connectivity index is -0.000000252. The van der Waals surface area contributed by atoms with Crippen LogP contribution >= 0.6 is 0 Å². The van der Waals surface area contributed by atoms with Gasteiger partial charge in [0.15, 0.2) is 0 Å². The van der Waals surface area contributed by atoms with Gasteiger partial charge in [-0.3, -0.25) is 4.79 Å². The highest BCUT2D eigenvalue weighted by Crippen LogP contribution is 2.04. The average Bonchev–Trinajstić information content (AvgIpc) is 2.47. The normalized spacial score (nSPS) is 9.00. The van der Waals surface area contributed by atoms with E-state index in [1.54, 1.807) is 0 Å². The van der Waals surface area contributed by atoms with Gasteiger partial charge >= 0.3 is 11.9 Å². The van der Waals surface area contributed by atoms with E-state index >= 15 is 0 Å². The molecule has 7 heteroatoms. The summed E-state index contributed by atoms with van der Waals surface area (Å²) in [5.41, 5.74) is 0. The Hall–Kier alpha value is -1.44. The van der Waals surface area contributed by atoms with Crippen LogP contribution in [0.1, 0.15) is 45.4 Å². The van der Waals surface area contributed by atoms with Crippen molar-refractivity contribution in [3.8, 4) is 0 Å². The van der Waals surface area contributed by atoms with Crippen LogP contribution in [0.3, 0.4) is 0 Å². The highest BCUT2D eigenvalue weighted by Gasteiger charge is 1.95. The first-order valence-corrected chi connectivity index (χ1v) is 6.82. The number of unbranched alkanes of at least 4 members (excludes halogenated alkanes) is 4. The fourth-order valence-corrected chi connectivity index (χ4v) is 0.938. The number of hydrogen-bond acceptors (Lipinski definition) is 5. The Kier molecular flexibility index (Phi) is 24.4. The molecule has 0 aliphatic rings. The van der Waals surface area contributed by atoms with Crippen LogP contribution in [0.2, 0.25) is 0 Å². The largest absolute Gasteiger partial charge is 0.481 e. The van der Waals surface area contributed by atoms with Gasteiger partial charge in [-0.25, -0.2) is 4.79 Å². The summed E-state index contributed by atoms with van der Waals surface area (Å²) in [6, 6.07) is 0. The fraction of sp³-hybridized carbons (Fsp3) is 0.714. The molecule has 21 heavy (non-hydrogen) atoms. The second-order valence-corrected chi connectivity index (χ2v) is 4.12. The minimum absolute atomic E-state index is 0.337. The topological polar surface area (TPSA) is 135 Å². The van der Waals surface area contributed by atoms with Crippen LogP contribution < -0.4 is 0 Å². The van der Waals surface area contributed by atoms with Crippen LogP contribution in [-0.2, 0) is 9.59 Å². The molecule has 126 valence electrons. The van der Waals surface area contributed by atoms with E-state index in [2.05, 4.69) is 13.5 Å². The van der Waals surface area contributed by atoms with Crippen LogP contribution in [0.25, 0.3) is 0 Å². The highest BCUT2D eigenvalue weighted by molar-refractivity contribution is 5.78. The molecule has 0 saturated heterocycles. The molecule has 0 rings (SSSR count). The van der Waals surface area contributed by atoms with Crippen LogP contribution in [0.15, 0.2) is 12.7 Å². The molecule has 0 radical (unpaired) electrons. The molecule has 0 amide bonds. The third kappa shape index (κ3) is 38.1. The lowest BCUT2D eigenvalue weighted by molar-refractivity contribution is -0.137. The minimum atomic E-state index is -0.981. The smallest absolute Gasteiger partial charge is 0.327 e. The molecule has 0 aliphatic carbocycles. The number of aliphatic hydroxyl groups excluding tert-OH is 3. The molecule has 0 fully saturated rings. The molecule has 0 aromatic rings. The quantitative estimate of drug-likeness (QED) is 0.317. The van der Waals surface area contributed by atoms with Crippen LogP contribution in [-0.4, -0.2) is 56.8 Å². The second kappa shape index (κ2) is 20.9. The maximum Gasteiger partial charge on any atom is 0.327 e. The van der Waals surface area contributed by atoms with Gasteiger partial charge in [0, 0.05) is 12.5 Å². The average molecular weight is 308 g/mol. The lowest BCUT2D eigenvalue weighted by Gasteiger charge is -1.96. The Morgan fingerprint density at radius 2 is 1.48 bits per heavy atom. The molecule has 0 aliphatic heterocycles. The number of carboxylic acid groups (broad SMARTS) is 2. The lowest BCUT2D eigenvalue weighted by Crippen LogP contribution is -2.15. The lowest BCUT2D eigenvalue weighted by atomic mass is 10.1. The van der Waals surface area contributed by atoms with Gasteiger partial charge in [0.2, 0.25) is 0 Å². The SMILES string of the molecule is C=CC(=O)O.CCCCCCCC(=O)O.OCC(O)CO. The zero-order valence-corrected chi connectivity index (χ0v) is 12.6. The molecule has 0 spiro atoms. The van der Waals surface area contributed by atoms with Crippen molar-refractivity contribution in [2.24, 2.45) is 0 Å². The first kappa shape index (κ1) is 24.6. The van der Waals surface area contributed by atoms with Crippen LogP contribution in [0.5, 0.6) is 0 Å². The van der Waals surface area contributed by atoms with Gasteiger partial charge in [0.1, 0.15) is 6.10 Å². The number of aliphatic carboxylic acids is 2. The maximum absolute atomic E-state index is 10.0. The molecule has 0 unspecified atom stereocenters. The zero-order chi connectivity index (χ0) is 17.1. The van der Waals surface area contributed by atoms with E-state index in [1.165, 1.54) is 19.3 Å². The zero-order valence-electron chi connectivity index (χ0n) is 12.6. The standard InChI is InChI=1S/C8H16O2.C3H8O3.C3H4O2/c1-2-3-4-5-6-7-8(9)10;4-1-3(6)2-5;1-2-3(4)5/h2-7H2,1H3,(H,9,10);3-6H,1-2H2;2H,1H2,(H,4,5). The van der Waals surface area contributed by atoms with E-state index in [9.17, 15) is 9.59 Å². The van der Waals surface area contributed by atoms with Crippen LogP contribution in [0.4, 0.5) is 0 Å².